The van der Waals surface area contributed by atoms with Gasteiger partial charge in [-0.05, 0) is 55.9 Å². The molecule has 1 atom stereocenters. The largest absolute Gasteiger partial charge is 0.490 e. The minimum atomic E-state index is -1.28. The van der Waals surface area contributed by atoms with Crippen molar-refractivity contribution in [3.63, 3.8) is 0 Å². The molecule has 200 valence electrons. The highest BCUT2D eigenvalue weighted by atomic mass is 16.5. The van der Waals surface area contributed by atoms with Gasteiger partial charge in [0.2, 0.25) is 17.6 Å². The van der Waals surface area contributed by atoms with E-state index in [0.29, 0.717) is 55.1 Å². The Morgan fingerprint density at radius 3 is 2.47 bits per heavy atom. The van der Waals surface area contributed by atoms with Crippen LogP contribution in [0, 0.1) is 5.41 Å². The predicted octanol–water partition coefficient (Wildman–Crippen LogP) is 3.63. The van der Waals surface area contributed by atoms with E-state index in [2.05, 4.69) is 27.4 Å². The lowest BCUT2D eigenvalue weighted by Gasteiger charge is -2.52. The van der Waals surface area contributed by atoms with Crippen molar-refractivity contribution < 1.29 is 19.2 Å². The molecule has 1 amide bonds. The van der Waals surface area contributed by atoms with Gasteiger partial charge in [0.15, 0.2) is 0 Å². The van der Waals surface area contributed by atoms with Gasteiger partial charge < -0.3 is 24.6 Å². The number of nitrogens with zero attached hydrogens (tertiary/aromatic N) is 4. The van der Waals surface area contributed by atoms with Crippen LogP contribution in [0.3, 0.4) is 0 Å². The monoisotopic (exact) mass is 517 g/mol. The van der Waals surface area contributed by atoms with Gasteiger partial charge in [-0.25, -0.2) is 0 Å². The van der Waals surface area contributed by atoms with Gasteiger partial charge in [0, 0.05) is 68.0 Å². The molecule has 0 radical (unpaired) electrons. The van der Waals surface area contributed by atoms with Crippen LogP contribution >= 0.6 is 0 Å². The van der Waals surface area contributed by atoms with Crippen LogP contribution in [0.15, 0.2) is 47.2 Å². The number of rotatable bonds is 7. The number of nitrogens with one attached hydrogen (secondary N) is 1. The van der Waals surface area contributed by atoms with Gasteiger partial charge in [-0.15, -0.1) is 0 Å². The number of benzene rings is 1. The third-order valence-corrected chi connectivity index (χ3v) is 8.68. The molecule has 9 nitrogen and oxygen atoms in total. The topological polar surface area (TPSA) is 114 Å². The number of carbonyl (C=O) groups excluding carboxylic acids is 1. The zero-order valence-electron chi connectivity index (χ0n) is 22.0. The lowest BCUT2D eigenvalue weighted by molar-refractivity contribution is -0.129. The Kier molecular flexibility index (Phi) is 6.44. The second-order valence-corrected chi connectivity index (χ2v) is 11.3. The summed E-state index contributed by atoms with van der Waals surface area (Å²) in [5.74, 6) is 2.09. The maximum absolute atomic E-state index is 12.4. The quantitative estimate of drug-likeness (QED) is 0.488. The Hall–Kier alpha value is -3.30. The van der Waals surface area contributed by atoms with Gasteiger partial charge in [0.25, 0.3) is 0 Å². The third-order valence-electron chi connectivity index (χ3n) is 8.68. The van der Waals surface area contributed by atoms with Crippen LogP contribution in [0.4, 0.5) is 0 Å². The number of aromatic nitrogens is 3. The summed E-state index contributed by atoms with van der Waals surface area (Å²) in [4.78, 5) is 22.7. The fourth-order valence-electron chi connectivity index (χ4n) is 5.79. The second kappa shape index (κ2) is 9.78. The van der Waals surface area contributed by atoms with Crippen molar-refractivity contribution in [1.82, 2.24) is 25.3 Å². The van der Waals surface area contributed by atoms with Crippen LogP contribution in [0.1, 0.15) is 68.9 Å². The fraction of sp³-hybridized carbons (Fsp3) is 0.517. The fourth-order valence-corrected chi connectivity index (χ4v) is 5.79. The van der Waals surface area contributed by atoms with E-state index in [1.165, 1.54) is 6.42 Å². The Morgan fingerprint density at radius 1 is 1.13 bits per heavy atom. The number of pyridine rings is 1. The number of amides is 1. The third kappa shape index (κ3) is 4.37. The van der Waals surface area contributed by atoms with Gasteiger partial charge in [0.1, 0.15) is 11.4 Å². The molecule has 1 aromatic carbocycles. The van der Waals surface area contributed by atoms with Gasteiger partial charge >= 0.3 is 0 Å². The highest BCUT2D eigenvalue weighted by Crippen LogP contribution is 2.48. The summed E-state index contributed by atoms with van der Waals surface area (Å²) < 4.78 is 11.7. The minimum absolute atomic E-state index is 0.0981. The SMILES string of the molecule is CC(=O)N1CCC(c2nc(-c3cncc([C@@](O)(c4ccc(OC5CCC5)cc4)C4(C)CNC4)c3)no2)CC1. The molecule has 0 spiro atoms. The van der Waals surface area contributed by atoms with E-state index in [0.717, 1.165) is 37.0 Å². The molecule has 6 rings (SSSR count). The number of aliphatic hydroxyl groups is 1. The van der Waals surface area contributed by atoms with E-state index in [-0.39, 0.29) is 11.8 Å². The van der Waals surface area contributed by atoms with E-state index < -0.39 is 11.0 Å². The predicted molar refractivity (Wildman–Crippen MR) is 140 cm³/mol. The van der Waals surface area contributed by atoms with Crippen molar-refractivity contribution in [2.75, 3.05) is 26.2 Å². The van der Waals surface area contributed by atoms with E-state index in [4.69, 9.17) is 9.26 Å². The van der Waals surface area contributed by atoms with E-state index in [1.807, 2.05) is 35.2 Å². The summed E-state index contributed by atoms with van der Waals surface area (Å²) in [7, 11) is 0. The maximum atomic E-state index is 12.4. The molecular formula is C29H35N5O4. The molecule has 2 N–H and O–H groups in total. The molecular weight excluding hydrogens is 482 g/mol. The zero-order valence-corrected chi connectivity index (χ0v) is 22.0. The van der Waals surface area contributed by atoms with Gasteiger partial charge in [-0.2, -0.15) is 4.98 Å². The van der Waals surface area contributed by atoms with Crippen molar-refractivity contribution in [2.45, 2.75) is 63.6 Å². The van der Waals surface area contributed by atoms with E-state index in [1.54, 1.807) is 19.3 Å². The van der Waals surface area contributed by atoms with Gasteiger partial charge in [-0.3, -0.25) is 9.78 Å². The molecule has 3 fully saturated rings. The summed E-state index contributed by atoms with van der Waals surface area (Å²) in [5, 5.41) is 20.0. The van der Waals surface area contributed by atoms with Crippen LogP contribution in [-0.2, 0) is 10.4 Å². The lowest BCUT2D eigenvalue weighted by Crippen LogP contribution is -2.63. The van der Waals surface area contributed by atoms with Crippen LogP contribution in [-0.4, -0.2) is 63.3 Å². The molecule has 3 aliphatic rings. The zero-order chi connectivity index (χ0) is 26.3. The van der Waals surface area contributed by atoms with Crippen molar-refractivity contribution in [1.29, 1.82) is 0 Å². The Labute approximate surface area is 222 Å². The van der Waals surface area contributed by atoms with Crippen molar-refractivity contribution in [2.24, 2.45) is 5.41 Å². The average molecular weight is 518 g/mol. The van der Waals surface area contributed by atoms with Crippen LogP contribution in [0.5, 0.6) is 5.75 Å². The molecule has 38 heavy (non-hydrogen) atoms. The number of ether oxygens (including phenoxy) is 1. The number of hydrogen-bond acceptors (Lipinski definition) is 8. The summed E-state index contributed by atoms with van der Waals surface area (Å²) in [6.07, 6.45) is 8.74. The summed E-state index contributed by atoms with van der Waals surface area (Å²) in [6.45, 7) is 6.44. The molecule has 3 aromatic rings. The number of likely N-dealkylation sites (tertiary alicyclic amines) is 1. The molecule has 0 unspecified atom stereocenters. The van der Waals surface area contributed by atoms with Crippen molar-refractivity contribution >= 4 is 5.91 Å². The Morgan fingerprint density at radius 2 is 1.87 bits per heavy atom. The maximum Gasteiger partial charge on any atom is 0.230 e. The Bertz CT molecular complexity index is 1290. The first kappa shape index (κ1) is 25.0. The molecule has 1 saturated carbocycles. The lowest BCUT2D eigenvalue weighted by atomic mass is 9.63. The molecule has 2 saturated heterocycles. The molecule has 4 heterocycles. The van der Waals surface area contributed by atoms with Gasteiger partial charge in [0.05, 0.1) is 6.10 Å². The number of carbonyl (C=O) groups is 1. The second-order valence-electron chi connectivity index (χ2n) is 11.3. The molecule has 0 bridgehead atoms. The van der Waals surface area contributed by atoms with Crippen molar-refractivity contribution in [3.05, 3.63) is 59.7 Å². The smallest absolute Gasteiger partial charge is 0.230 e. The van der Waals surface area contributed by atoms with Gasteiger partial charge in [-0.1, -0.05) is 24.2 Å². The van der Waals surface area contributed by atoms with E-state index >= 15 is 0 Å². The molecule has 2 aromatic heterocycles. The standard InChI is InChI=1S/C29H35N5O4/c1-19(35)34-12-10-20(11-13-34)27-32-26(33-38-27)21-14-23(16-30-15-21)29(36,28(2)17-31-18-28)22-6-8-25(9-7-22)37-24-4-3-5-24/h6-9,14-16,20,24,31,36H,3-5,10-13,17-18H2,1-2H3/t29-/m0/s1. The first-order valence-electron chi connectivity index (χ1n) is 13.6. The first-order valence-corrected chi connectivity index (χ1v) is 13.6. The summed E-state index contributed by atoms with van der Waals surface area (Å²) in [6, 6.07) is 9.75. The highest BCUT2D eigenvalue weighted by molar-refractivity contribution is 5.73. The number of hydrogen-bond donors (Lipinski definition) is 2. The van der Waals surface area contributed by atoms with Crippen LogP contribution in [0.25, 0.3) is 11.4 Å². The Balaban J connectivity index is 1.27. The molecule has 1 aliphatic carbocycles. The summed E-state index contributed by atoms with van der Waals surface area (Å²) in [5.41, 5.74) is 0.483. The molecule has 2 aliphatic heterocycles. The normalized spacial score (nSPS) is 21.3. The summed E-state index contributed by atoms with van der Waals surface area (Å²) >= 11 is 0. The van der Waals surface area contributed by atoms with E-state index in [9.17, 15) is 9.90 Å². The number of piperidine rings is 1. The minimum Gasteiger partial charge on any atom is -0.490 e. The van der Waals surface area contributed by atoms with Crippen LogP contribution in [0.2, 0.25) is 0 Å². The van der Waals surface area contributed by atoms with Crippen molar-refractivity contribution in [3.8, 4) is 17.1 Å². The highest BCUT2D eigenvalue weighted by Gasteiger charge is 2.53. The average Bonchev–Trinajstić information content (AvgIpc) is 3.40. The van der Waals surface area contributed by atoms with Crippen LogP contribution < -0.4 is 10.1 Å². The molecule has 9 heteroatoms. The first-order chi connectivity index (χ1) is 18.4.